The van der Waals surface area contributed by atoms with Crippen molar-refractivity contribution < 1.29 is 0 Å². The third kappa shape index (κ3) is 2.34. The fraction of sp³-hybridized carbons (Fsp3) is 0.308. The zero-order valence-electron chi connectivity index (χ0n) is 10.2. The molecule has 0 aliphatic carbocycles. The molecule has 0 aliphatic rings. The molecule has 0 fully saturated rings. The molecule has 2 rings (SSSR count). The molecular formula is C13H16N2Si. The summed E-state index contributed by atoms with van der Waals surface area (Å²) in [6, 6.07) is 6.20. The number of rotatable bonds is 0. The summed E-state index contributed by atoms with van der Waals surface area (Å²) in [6.45, 7) is 6.75. The van der Waals surface area contributed by atoms with Gasteiger partial charge in [-0.1, -0.05) is 25.6 Å². The number of aryl methyl sites for hydroxylation is 1. The van der Waals surface area contributed by atoms with Crippen LogP contribution in [-0.2, 0) is 7.05 Å². The first-order chi connectivity index (χ1) is 7.46. The number of hydrogen-bond donors (Lipinski definition) is 0. The molecule has 2 aromatic rings. The van der Waals surface area contributed by atoms with Gasteiger partial charge in [0.1, 0.15) is 8.07 Å². The van der Waals surface area contributed by atoms with E-state index in [1.807, 2.05) is 17.9 Å². The molecule has 2 nitrogen and oxygen atoms in total. The van der Waals surface area contributed by atoms with Crippen LogP contribution < -0.4 is 0 Å². The minimum absolute atomic E-state index is 1.02. The lowest BCUT2D eigenvalue weighted by Crippen LogP contribution is -2.16. The first-order valence-electron chi connectivity index (χ1n) is 5.40. The summed E-state index contributed by atoms with van der Waals surface area (Å²) >= 11 is 0. The molecule has 0 atom stereocenters. The number of benzene rings is 1. The molecule has 0 amide bonds. The highest BCUT2D eigenvalue weighted by Crippen LogP contribution is 2.13. The van der Waals surface area contributed by atoms with Gasteiger partial charge in [-0.15, -0.1) is 5.54 Å². The summed E-state index contributed by atoms with van der Waals surface area (Å²) in [4.78, 5) is 4.33. The van der Waals surface area contributed by atoms with E-state index in [9.17, 15) is 0 Å². The van der Waals surface area contributed by atoms with Crippen LogP contribution in [0, 0.1) is 11.5 Å². The van der Waals surface area contributed by atoms with Gasteiger partial charge in [0.05, 0.1) is 17.4 Å². The molecule has 0 unspecified atom stereocenters. The van der Waals surface area contributed by atoms with Crippen molar-refractivity contribution in [3.05, 3.63) is 30.1 Å². The van der Waals surface area contributed by atoms with Crippen LogP contribution in [0.15, 0.2) is 24.5 Å². The smallest absolute Gasteiger partial charge is 0.129 e. The third-order valence-electron chi connectivity index (χ3n) is 2.31. The summed E-state index contributed by atoms with van der Waals surface area (Å²) in [5, 5.41) is 0. The third-order valence-corrected chi connectivity index (χ3v) is 3.18. The second kappa shape index (κ2) is 3.80. The summed E-state index contributed by atoms with van der Waals surface area (Å²) in [7, 11) is 0.714. The molecule has 0 spiro atoms. The fourth-order valence-corrected chi connectivity index (χ4v) is 1.99. The van der Waals surface area contributed by atoms with Gasteiger partial charge in [-0.25, -0.2) is 4.98 Å². The van der Waals surface area contributed by atoms with Crippen molar-refractivity contribution >= 4 is 19.1 Å². The van der Waals surface area contributed by atoms with Crippen molar-refractivity contribution in [3.8, 4) is 11.5 Å². The van der Waals surface area contributed by atoms with Gasteiger partial charge in [-0.05, 0) is 18.2 Å². The normalized spacial score (nSPS) is 11.2. The van der Waals surface area contributed by atoms with E-state index >= 15 is 0 Å². The minimum Gasteiger partial charge on any atom is -0.334 e. The molecule has 1 aromatic heterocycles. The molecular weight excluding hydrogens is 212 g/mol. The lowest BCUT2D eigenvalue weighted by molar-refractivity contribution is 0.947. The first kappa shape index (κ1) is 11.0. The maximum Gasteiger partial charge on any atom is 0.129 e. The van der Waals surface area contributed by atoms with E-state index in [0.717, 1.165) is 16.6 Å². The molecule has 0 saturated heterocycles. The van der Waals surface area contributed by atoms with Crippen LogP contribution in [0.5, 0.6) is 0 Å². The van der Waals surface area contributed by atoms with Gasteiger partial charge in [0.2, 0.25) is 0 Å². The highest BCUT2D eigenvalue weighted by Gasteiger charge is 2.07. The standard InChI is InChI=1S/C13H16N2Si/c1-15-10-14-12-9-11(5-6-13(12)15)7-8-16(2,3)4/h5-6,9-10H,1-4H3. The highest BCUT2D eigenvalue weighted by atomic mass is 28.3. The van der Waals surface area contributed by atoms with Gasteiger partial charge in [-0.3, -0.25) is 0 Å². The van der Waals surface area contributed by atoms with Crippen LogP contribution in [-0.4, -0.2) is 17.6 Å². The Morgan fingerprint density at radius 3 is 2.69 bits per heavy atom. The van der Waals surface area contributed by atoms with Crippen LogP contribution in [0.2, 0.25) is 19.6 Å². The molecule has 0 radical (unpaired) electrons. The van der Waals surface area contributed by atoms with Crippen molar-refractivity contribution in [3.63, 3.8) is 0 Å². The maximum absolute atomic E-state index is 4.33. The van der Waals surface area contributed by atoms with Gasteiger partial charge in [0.15, 0.2) is 0 Å². The van der Waals surface area contributed by atoms with E-state index in [1.165, 1.54) is 0 Å². The predicted molar refractivity (Wildman–Crippen MR) is 70.9 cm³/mol. The van der Waals surface area contributed by atoms with E-state index in [2.05, 4.69) is 54.3 Å². The molecule has 82 valence electrons. The maximum atomic E-state index is 4.33. The van der Waals surface area contributed by atoms with Crippen LogP contribution in [0.25, 0.3) is 11.0 Å². The second-order valence-electron chi connectivity index (χ2n) is 5.06. The van der Waals surface area contributed by atoms with Crippen LogP contribution >= 0.6 is 0 Å². The number of fused-ring (bicyclic) bond motifs is 1. The number of imidazole rings is 1. The molecule has 0 saturated carbocycles. The average Bonchev–Trinajstić information content (AvgIpc) is 2.56. The van der Waals surface area contributed by atoms with Crippen LogP contribution in [0.1, 0.15) is 5.56 Å². The molecule has 1 heterocycles. The highest BCUT2D eigenvalue weighted by molar-refractivity contribution is 6.83. The van der Waals surface area contributed by atoms with Gasteiger partial charge < -0.3 is 4.57 Å². The number of aromatic nitrogens is 2. The lowest BCUT2D eigenvalue weighted by atomic mass is 10.2. The van der Waals surface area contributed by atoms with Crippen molar-refractivity contribution in [2.75, 3.05) is 0 Å². The monoisotopic (exact) mass is 228 g/mol. The summed E-state index contributed by atoms with van der Waals surface area (Å²) < 4.78 is 2.02. The number of nitrogens with zero attached hydrogens (tertiary/aromatic N) is 2. The van der Waals surface area contributed by atoms with Gasteiger partial charge in [0.25, 0.3) is 0 Å². The van der Waals surface area contributed by atoms with Crippen molar-refractivity contribution in [1.82, 2.24) is 9.55 Å². The summed E-state index contributed by atoms with van der Waals surface area (Å²) in [5.41, 5.74) is 6.60. The van der Waals surface area contributed by atoms with E-state index in [1.54, 1.807) is 0 Å². The Morgan fingerprint density at radius 1 is 1.25 bits per heavy atom. The lowest BCUT2D eigenvalue weighted by Gasteiger charge is -2.03. The topological polar surface area (TPSA) is 17.8 Å². The van der Waals surface area contributed by atoms with Gasteiger partial charge in [-0.2, -0.15) is 0 Å². The largest absolute Gasteiger partial charge is 0.334 e. The number of hydrogen-bond acceptors (Lipinski definition) is 1. The predicted octanol–water partition coefficient (Wildman–Crippen LogP) is 2.80. The van der Waals surface area contributed by atoms with Gasteiger partial charge in [0, 0.05) is 12.6 Å². The Hall–Kier alpha value is -1.53. The zero-order valence-corrected chi connectivity index (χ0v) is 11.2. The Bertz CT molecular complexity index is 579. The SMILES string of the molecule is Cn1cnc2cc(C#C[Si](C)(C)C)ccc21. The van der Waals surface area contributed by atoms with Gasteiger partial charge >= 0.3 is 0 Å². The van der Waals surface area contributed by atoms with E-state index in [-0.39, 0.29) is 0 Å². The van der Waals surface area contributed by atoms with E-state index in [4.69, 9.17) is 0 Å². The minimum atomic E-state index is -1.29. The second-order valence-corrected chi connectivity index (χ2v) is 9.81. The van der Waals surface area contributed by atoms with E-state index < -0.39 is 8.07 Å². The fourth-order valence-electron chi connectivity index (χ4n) is 1.47. The molecule has 1 aromatic carbocycles. The average molecular weight is 228 g/mol. The van der Waals surface area contributed by atoms with Crippen molar-refractivity contribution in [2.24, 2.45) is 7.05 Å². The van der Waals surface area contributed by atoms with Crippen molar-refractivity contribution in [2.45, 2.75) is 19.6 Å². The quantitative estimate of drug-likeness (QED) is 0.501. The Morgan fingerprint density at radius 2 is 2.00 bits per heavy atom. The van der Waals surface area contributed by atoms with Crippen LogP contribution in [0.3, 0.4) is 0 Å². The van der Waals surface area contributed by atoms with Crippen molar-refractivity contribution in [1.29, 1.82) is 0 Å². The van der Waals surface area contributed by atoms with E-state index in [0.29, 0.717) is 0 Å². The first-order valence-corrected chi connectivity index (χ1v) is 8.90. The van der Waals surface area contributed by atoms with Crippen LogP contribution in [0.4, 0.5) is 0 Å². The Kier molecular flexibility index (Phi) is 2.61. The summed E-state index contributed by atoms with van der Waals surface area (Å²) in [6.07, 6.45) is 1.83. The zero-order chi connectivity index (χ0) is 11.8. The molecule has 0 N–H and O–H groups in total. The Labute approximate surface area is 97.3 Å². The molecule has 0 aliphatic heterocycles. The molecule has 16 heavy (non-hydrogen) atoms. The molecule has 3 heteroatoms. The summed E-state index contributed by atoms with van der Waals surface area (Å²) in [5.74, 6) is 3.25. The Balaban J connectivity index is 2.43. The molecule has 0 bridgehead atoms.